The monoisotopic (exact) mass is 252 g/mol. The minimum atomic E-state index is -0.658. The normalized spacial score (nSPS) is 19.3. The van der Waals surface area contributed by atoms with Crippen LogP contribution in [0.1, 0.15) is 12.1 Å². The van der Waals surface area contributed by atoms with Crippen molar-refractivity contribution in [1.29, 1.82) is 0 Å². The predicted molar refractivity (Wildman–Crippen MR) is 62.1 cm³/mol. The van der Waals surface area contributed by atoms with Crippen molar-refractivity contribution < 1.29 is 9.59 Å². The fourth-order valence-corrected chi connectivity index (χ4v) is 2.03. The number of carbonyl (C=O) groups excluding carboxylic acids is 2. The Morgan fingerprint density at radius 2 is 2.00 bits per heavy atom. The van der Waals surface area contributed by atoms with E-state index < -0.39 is 23.1 Å². The molecule has 8 nitrogen and oxygen atoms in total. The third-order valence-corrected chi connectivity index (χ3v) is 2.90. The van der Waals surface area contributed by atoms with E-state index in [9.17, 15) is 19.2 Å². The molecule has 2 amide bonds. The summed E-state index contributed by atoms with van der Waals surface area (Å²) in [5.41, 5.74) is 4.18. The quantitative estimate of drug-likeness (QED) is 0.574. The lowest BCUT2D eigenvalue weighted by Gasteiger charge is -2.16. The number of aryl methyl sites for hydroxylation is 1. The van der Waals surface area contributed by atoms with Crippen LogP contribution in [0.4, 0.5) is 5.69 Å². The summed E-state index contributed by atoms with van der Waals surface area (Å²) in [7, 11) is 0. The molecule has 96 valence electrons. The summed E-state index contributed by atoms with van der Waals surface area (Å²) in [6.07, 6.45) is -0.0205. The second kappa shape index (κ2) is 4.13. The van der Waals surface area contributed by atoms with Crippen molar-refractivity contribution in [3.05, 3.63) is 26.5 Å². The van der Waals surface area contributed by atoms with Gasteiger partial charge in [-0.2, -0.15) is 0 Å². The number of aromatic nitrogens is 2. The Morgan fingerprint density at radius 3 is 2.50 bits per heavy atom. The van der Waals surface area contributed by atoms with E-state index in [1.165, 1.54) is 11.8 Å². The molecule has 0 radical (unpaired) electrons. The summed E-state index contributed by atoms with van der Waals surface area (Å²) in [5.74, 6) is -1.55. The summed E-state index contributed by atoms with van der Waals surface area (Å²) < 4.78 is 0. The zero-order valence-corrected chi connectivity index (χ0v) is 9.65. The lowest BCUT2D eigenvalue weighted by atomic mass is 10.1. The fourth-order valence-electron chi connectivity index (χ4n) is 2.03. The summed E-state index contributed by atoms with van der Waals surface area (Å²) in [5, 5.41) is 0. The Hall–Kier alpha value is -2.38. The van der Waals surface area contributed by atoms with E-state index in [1.54, 1.807) is 0 Å². The van der Waals surface area contributed by atoms with Crippen LogP contribution in [-0.2, 0) is 9.59 Å². The van der Waals surface area contributed by atoms with Crippen molar-refractivity contribution in [2.24, 2.45) is 11.7 Å². The van der Waals surface area contributed by atoms with Gasteiger partial charge in [0.05, 0.1) is 5.92 Å². The van der Waals surface area contributed by atoms with Gasteiger partial charge in [0.25, 0.3) is 5.56 Å². The number of carbonyl (C=O) groups is 2. The summed E-state index contributed by atoms with van der Waals surface area (Å²) in [6, 6.07) is 0. The molecule has 2 heterocycles. The number of amides is 2. The summed E-state index contributed by atoms with van der Waals surface area (Å²) in [4.78, 5) is 51.2. The summed E-state index contributed by atoms with van der Waals surface area (Å²) >= 11 is 0. The van der Waals surface area contributed by atoms with Gasteiger partial charge in [-0.05, 0) is 6.92 Å². The Labute approximate surface area is 101 Å². The van der Waals surface area contributed by atoms with E-state index in [4.69, 9.17) is 5.73 Å². The second-order valence-corrected chi connectivity index (χ2v) is 4.19. The van der Waals surface area contributed by atoms with Gasteiger partial charge in [0, 0.05) is 18.7 Å². The Balaban J connectivity index is 2.45. The Bertz CT molecular complexity index is 630. The van der Waals surface area contributed by atoms with Gasteiger partial charge in [-0.1, -0.05) is 0 Å². The predicted octanol–water partition coefficient (Wildman–Crippen LogP) is -1.79. The van der Waals surface area contributed by atoms with Gasteiger partial charge in [-0.3, -0.25) is 19.4 Å². The number of hydrogen-bond acceptors (Lipinski definition) is 4. The zero-order valence-electron chi connectivity index (χ0n) is 9.65. The molecular weight excluding hydrogens is 240 g/mol. The molecule has 1 unspecified atom stereocenters. The van der Waals surface area contributed by atoms with Crippen molar-refractivity contribution >= 4 is 17.5 Å². The number of primary amides is 1. The molecule has 1 aliphatic rings. The van der Waals surface area contributed by atoms with E-state index >= 15 is 0 Å². The molecule has 1 aliphatic heterocycles. The van der Waals surface area contributed by atoms with Crippen LogP contribution in [0.3, 0.4) is 0 Å². The minimum Gasteiger partial charge on any atom is -0.369 e. The third kappa shape index (κ3) is 1.92. The molecule has 8 heteroatoms. The van der Waals surface area contributed by atoms with E-state index in [-0.39, 0.29) is 30.3 Å². The average Bonchev–Trinajstić information content (AvgIpc) is 2.59. The molecule has 1 saturated heterocycles. The number of hydrogen-bond donors (Lipinski definition) is 3. The van der Waals surface area contributed by atoms with Gasteiger partial charge in [-0.15, -0.1) is 0 Å². The molecule has 0 spiro atoms. The SMILES string of the molecule is Cc1[nH]c(=O)[nH]c(=O)c1N1CC(C(N)=O)CC1=O. The fraction of sp³-hybridized carbons (Fsp3) is 0.400. The highest BCUT2D eigenvalue weighted by atomic mass is 16.2. The number of rotatable bonds is 2. The number of nitrogens with two attached hydrogens (primary N) is 1. The van der Waals surface area contributed by atoms with E-state index in [1.807, 2.05) is 4.98 Å². The average molecular weight is 252 g/mol. The Kier molecular flexibility index (Phi) is 2.77. The van der Waals surface area contributed by atoms with Gasteiger partial charge < -0.3 is 15.6 Å². The number of H-pyrrole nitrogens is 2. The molecule has 1 fully saturated rings. The van der Waals surface area contributed by atoms with Gasteiger partial charge in [-0.25, -0.2) is 4.79 Å². The number of anilines is 1. The van der Waals surface area contributed by atoms with Crippen LogP contribution in [0, 0.1) is 12.8 Å². The van der Waals surface area contributed by atoms with Gasteiger partial charge in [0.15, 0.2) is 0 Å². The maximum atomic E-state index is 11.8. The molecule has 1 aromatic rings. The first-order valence-corrected chi connectivity index (χ1v) is 5.33. The van der Waals surface area contributed by atoms with Crippen LogP contribution >= 0.6 is 0 Å². The molecule has 0 saturated carbocycles. The molecule has 1 atom stereocenters. The molecule has 0 bridgehead atoms. The standard InChI is InChI=1S/C10H12N4O4/c1-4-7(9(17)13-10(18)12-4)14-3-5(8(11)16)2-6(14)15/h5H,2-3H2,1H3,(H2,11,16)(H2,12,13,17,18). The highest BCUT2D eigenvalue weighted by molar-refractivity contribution is 6.00. The number of nitrogens with one attached hydrogen (secondary N) is 2. The lowest BCUT2D eigenvalue weighted by Crippen LogP contribution is -2.36. The van der Waals surface area contributed by atoms with E-state index in [0.717, 1.165) is 0 Å². The van der Waals surface area contributed by atoms with Crippen molar-refractivity contribution in [3.8, 4) is 0 Å². The number of aromatic amines is 2. The number of nitrogens with zero attached hydrogens (tertiary/aromatic N) is 1. The summed E-state index contributed by atoms with van der Waals surface area (Å²) in [6.45, 7) is 1.57. The van der Waals surface area contributed by atoms with Crippen LogP contribution in [0.25, 0.3) is 0 Å². The van der Waals surface area contributed by atoms with Crippen LogP contribution in [0.2, 0.25) is 0 Å². The van der Waals surface area contributed by atoms with Crippen molar-refractivity contribution in [1.82, 2.24) is 9.97 Å². The Morgan fingerprint density at radius 1 is 1.33 bits per heavy atom. The third-order valence-electron chi connectivity index (χ3n) is 2.90. The first-order valence-electron chi connectivity index (χ1n) is 5.33. The molecule has 0 aromatic carbocycles. The molecular formula is C10H12N4O4. The van der Waals surface area contributed by atoms with Crippen LogP contribution in [0.15, 0.2) is 9.59 Å². The van der Waals surface area contributed by atoms with E-state index in [0.29, 0.717) is 0 Å². The minimum absolute atomic E-state index is 0.0205. The maximum Gasteiger partial charge on any atom is 0.326 e. The molecule has 1 aromatic heterocycles. The van der Waals surface area contributed by atoms with Crippen LogP contribution < -0.4 is 21.9 Å². The van der Waals surface area contributed by atoms with Gasteiger partial charge in [0.2, 0.25) is 11.8 Å². The zero-order chi connectivity index (χ0) is 13.4. The van der Waals surface area contributed by atoms with Crippen LogP contribution in [-0.4, -0.2) is 28.3 Å². The van der Waals surface area contributed by atoms with Gasteiger partial charge in [0.1, 0.15) is 5.69 Å². The highest BCUT2D eigenvalue weighted by Crippen LogP contribution is 2.23. The first kappa shape index (κ1) is 12.1. The highest BCUT2D eigenvalue weighted by Gasteiger charge is 2.35. The maximum absolute atomic E-state index is 11.8. The van der Waals surface area contributed by atoms with Crippen molar-refractivity contribution in [2.45, 2.75) is 13.3 Å². The first-order chi connectivity index (χ1) is 8.40. The molecule has 0 aliphatic carbocycles. The lowest BCUT2D eigenvalue weighted by molar-refractivity contribution is -0.123. The van der Waals surface area contributed by atoms with Crippen LogP contribution in [0.5, 0.6) is 0 Å². The van der Waals surface area contributed by atoms with E-state index in [2.05, 4.69) is 4.98 Å². The van der Waals surface area contributed by atoms with Gasteiger partial charge >= 0.3 is 5.69 Å². The van der Waals surface area contributed by atoms with Crippen molar-refractivity contribution in [2.75, 3.05) is 11.4 Å². The molecule has 2 rings (SSSR count). The smallest absolute Gasteiger partial charge is 0.326 e. The largest absolute Gasteiger partial charge is 0.369 e. The topological polar surface area (TPSA) is 129 Å². The molecule has 4 N–H and O–H groups in total. The molecule has 18 heavy (non-hydrogen) atoms. The van der Waals surface area contributed by atoms with Crippen molar-refractivity contribution in [3.63, 3.8) is 0 Å². The second-order valence-electron chi connectivity index (χ2n) is 4.19.